The van der Waals surface area contributed by atoms with Crippen LogP contribution >= 0.6 is 0 Å². The molecule has 1 aromatic heterocycles. The Morgan fingerprint density at radius 2 is 2.32 bits per heavy atom. The van der Waals surface area contributed by atoms with Crippen molar-refractivity contribution in [3.8, 4) is 0 Å². The van der Waals surface area contributed by atoms with E-state index in [0.717, 1.165) is 16.5 Å². The number of fused-ring (bicyclic) bond motifs is 1. The number of aliphatic carboxylic acids is 1. The van der Waals surface area contributed by atoms with Crippen LogP contribution in [0.3, 0.4) is 0 Å². The maximum Gasteiger partial charge on any atom is 0.312 e. The highest BCUT2D eigenvalue weighted by molar-refractivity contribution is 5.80. The molecule has 0 bridgehead atoms. The molecule has 0 radical (unpaired) electrons. The van der Waals surface area contributed by atoms with Crippen LogP contribution in [0.1, 0.15) is 12.0 Å². The largest absolute Gasteiger partial charge is 0.481 e. The molecule has 1 saturated heterocycles. The number of aromatic nitrogens is 1. The standard InChI is InChI=1S/C15H15NO3/c17-14(18)15(5-7-19-10-15)9-11-3-4-13-12(8-11)2-1-6-16-13/h1-4,6,8H,5,7,9-10H2,(H,17,18). The average Bonchev–Trinajstić information content (AvgIpc) is 2.88. The normalized spacial score (nSPS) is 22.7. The number of ether oxygens (including phenoxy) is 1. The van der Waals surface area contributed by atoms with Crippen LogP contribution in [0.15, 0.2) is 36.5 Å². The second-order valence-corrected chi connectivity index (χ2v) is 5.10. The van der Waals surface area contributed by atoms with Gasteiger partial charge in [0.2, 0.25) is 0 Å². The maximum absolute atomic E-state index is 11.5. The molecule has 1 aliphatic rings. The van der Waals surface area contributed by atoms with Crippen molar-refractivity contribution in [2.45, 2.75) is 12.8 Å². The lowest BCUT2D eigenvalue weighted by Gasteiger charge is -2.22. The summed E-state index contributed by atoms with van der Waals surface area (Å²) in [5.74, 6) is -0.767. The van der Waals surface area contributed by atoms with Crippen LogP contribution in [-0.2, 0) is 16.0 Å². The summed E-state index contributed by atoms with van der Waals surface area (Å²) in [5.41, 5.74) is 1.18. The van der Waals surface area contributed by atoms with Crippen molar-refractivity contribution in [3.05, 3.63) is 42.1 Å². The van der Waals surface area contributed by atoms with Crippen molar-refractivity contribution in [2.75, 3.05) is 13.2 Å². The first-order valence-corrected chi connectivity index (χ1v) is 6.34. The Kier molecular flexibility index (Phi) is 2.95. The summed E-state index contributed by atoms with van der Waals surface area (Å²) in [6.07, 6.45) is 2.84. The van der Waals surface area contributed by atoms with Gasteiger partial charge in [0.1, 0.15) is 0 Å². The first-order valence-electron chi connectivity index (χ1n) is 6.34. The van der Waals surface area contributed by atoms with E-state index < -0.39 is 11.4 Å². The molecule has 1 N–H and O–H groups in total. The second kappa shape index (κ2) is 4.63. The Balaban J connectivity index is 1.94. The van der Waals surface area contributed by atoms with Gasteiger partial charge in [-0.05, 0) is 36.6 Å². The zero-order valence-corrected chi connectivity index (χ0v) is 10.5. The third-order valence-electron chi connectivity index (χ3n) is 3.77. The molecule has 0 spiro atoms. The summed E-state index contributed by atoms with van der Waals surface area (Å²) in [6, 6.07) is 9.79. The average molecular weight is 257 g/mol. The lowest BCUT2D eigenvalue weighted by molar-refractivity contribution is -0.148. The molecule has 4 nitrogen and oxygen atoms in total. The third kappa shape index (κ3) is 2.19. The number of carboxylic acids is 1. The van der Waals surface area contributed by atoms with Crippen molar-refractivity contribution >= 4 is 16.9 Å². The van der Waals surface area contributed by atoms with Gasteiger partial charge in [0.15, 0.2) is 0 Å². The molecule has 98 valence electrons. The van der Waals surface area contributed by atoms with Gasteiger partial charge < -0.3 is 9.84 Å². The minimum atomic E-state index is -0.768. The van der Waals surface area contributed by atoms with E-state index in [-0.39, 0.29) is 0 Å². The second-order valence-electron chi connectivity index (χ2n) is 5.10. The fourth-order valence-corrected chi connectivity index (χ4v) is 2.62. The number of carboxylic acid groups (broad SMARTS) is 1. The highest BCUT2D eigenvalue weighted by Gasteiger charge is 2.42. The molecule has 2 heterocycles. The first kappa shape index (κ1) is 12.1. The van der Waals surface area contributed by atoms with E-state index in [1.807, 2.05) is 30.3 Å². The Bertz CT molecular complexity index is 618. The van der Waals surface area contributed by atoms with Gasteiger partial charge in [-0.1, -0.05) is 12.1 Å². The van der Waals surface area contributed by atoms with Gasteiger partial charge in [0.25, 0.3) is 0 Å². The number of pyridine rings is 1. The van der Waals surface area contributed by atoms with Gasteiger partial charge in [0, 0.05) is 18.2 Å². The van der Waals surface area contributed by atoms with Crippen LogP contribution in [0.4, 0.5) is 0 Å². The van der Waals surface area contributed by atoms with E-state index in [1.165, 1.54) is 0 Å². The molecule has 1 fully saturated rings. The molecule has 4 heteroatoms. The summed E-state index contributed by atoms with van der Waals surface area (Å²) >= 11 is 0. The van der Waals surface area contributed by atoms with Crippen molar-refractivity contribution < 1.29 is 14.6 Å². The van der Waals surface area contributed by atoms with Crippen molar-refractivity contribution in [2.24, 2.45) is 5.41 Å². The van der Waals surface area contributed by atoms with Crippen LogP contribution in [0.2, 0.25) is 0 Å². The molecule has 1 aliphatic heterocycles. The quantitative estimate of drug-likeness (QED) is 0.916. The fourth-order valence-electron chi connectivity index (χ4n) is 2.62. The van der Waals surface area contributed by atoms with E-state index in [1.54, 1.807) is 6.20 Å². The summed E-state index contributed by atoms with van der Waals surface area (Å²) < 4.78 is 5.29. The molecule has 2 aromatic rings. The minimum Gasteiger partial charge on any atom is -0.481 e. The van der Waals surface area contributed by atoms with Crippen molar-refractivity contribution in [1.29, 1.82) is 0 Å². The molecule has 0 saturated carbocycles. The summed E-state index contributed by atoms with van der Waals surface area (Å²) in [7, 11) is 0. The molecule has 1 atom stereocenters. The van der Waals surface area contributed by atoms with E-state index in [0.29, 0.717) is 26.1 Å². The summed E-state index contributed by atoms with van der Waals surface area (Å²) in [4.78, 5) is 15.8. The highest BCUT2D eigenvalue weighted by Crippen LogP contribution is 2.33. The Morgan fingerprint density at radius 3 is 3.05 bits per heavy atom. The van der Waals surface area contributed by atoms with Gasteiger partial charge >= 0.3 is 5.97 Å². The number of carbonyl (C=O) groups is 1. The van der Waals surface area contributed by atoms with Gasteiger partial charge in [-0.15, -0.1) is 0 Å². The predicted molar refractivity (Wildman–Crippen MR) is 71.0 cm³/mol. The van der Waals surface area contributed by atoms with Gasteiger partial charge in [0.05, 0.1) is 17.5 Å². The number of benzene rings is 1. The van der Waals surface area contributed by atoms with Crippen LogP contribution in [0.25, 0.3) is 10.9 Å². The van der Waals surface area contributed by atoms with E-state index >= 15 is 0 Å². The Labute approximate surface area is 111 Å². The molecular weight excluding hydrogens is 242 g/mol. The first-order chi connectivity index (χ1) is 9.20. The SMILES string of the molecule is O=C(O)C1(Cc2ccc3ncccc3c2)CCOC1. The fraction of sp³-hybridized carbons (Fsp3) is 0.333. The minimum absolute atomic E-state index is 0.299. The number of rotatable bonds is 3. The number of hydrogen-bond acceptors (Lipinski definition) is 3. The molecule has 0 amide bonds. The molecule has 3 rings (SSSR count). The molecular formula is C15H15NO3. The zero-order valence-electron chi connectivity index (χ0n) is 10.5. The zero-order chi connectivity index (χ0) is 13.3. The Morgan fingerprint density at radius 1 is 1.42 bits per heavy atom. The Hall–Kier alpha value is -1.94. The molecule has 0 aliphatic carbocycles. The summed E-state index contributed by atoms with van der Waals surface area (Å²) in [6.45, 7) is 0.828. The lowest BCUT2D eigenvalue weighted by atomic mass is 9.81. The van der Waals surface area contributed by atoms with E-state index in [4.69, 9.17) is 4.74 Å². The number of hydrogen-bond donors (Lipinski definition) is 1. The van der Waals surface area contributed by atoms with Gasteiger partial charge in [-0.25, -0.2) is 0 Å². The molecule has 19 heavy (non-hydrogen) atoms. The van der Waals surface area contributed by atoms with Crippen LogP contribution in [-0.4, -0.2) is 29.3 Å². The molecule has 1 unspecified atom stereocenters. The smallest absolute Gasteiger partial charge is 0.312 e. The maximum atomic E-state index is 11.5. The van der Waals surface area contributed by atoms with Crippen LogP contribution in [0.5, 0.6) is 0 Å². The number of nitrogens with zero attached hydrogens (tertiary/aromatic N) is 1. The predicted octanol–water partition coefficient (Wildman–Crippen LogP) is 2.27. The van der Waals surface area contributed by atoms with Crippen LogP contribution < -0.4 is 0 Å². The van der Waals surface area contributed by atoms with Crippen molar-refractivity contribution in [1.82, 2.24) is 4.98 Å². The van der Waals surface area contributed by atoms with Gasteiger partial charge in [-0.2, -0.15) is 0 Å². The van der Waals surface area contributed by atoms with Crippen molar-refractivity contribution in [3.63, 3.8) is 0 Å². The van der Waals surface area contributed by atoms with E-state index in [9.17, 15) is 9.90 Å². The monoisotopic (exact) mass is 257 g/mol. The van der Waals surface area contributed by atoms with Gasteiger partial charge in [-0.3, -0.25) is 9.78 Å². The lowest BCUT2D eigenvalue weighted by Crippen LogP contribution is -2.33. The molecule has 1 aromatic carbocycles. The summed E-state index contributed by atoms with van der Waals surface area (Å²) in [5, 5.41) is 10.5. The van der Waals surface area contributed by atoms with E-state index in [2.05, 4.69) is 4.98 Å². The topological polar surface area (TPSA) is 59.4 Å². The third-order valence-corrected chi connectivity index (χ3v) is 3.77. The highest BCUT2D eigenvalue weighted by atomic mass is 16.5. The van der Waals surface area contributed by atoms with Crippen LogP contribution in [0, 0.1) is 5.41 Å².